The van der Waals surface area contributed by atoms with Crippen molar-refractivity contribution in [2.75, 3.05) is 0 Å². The lowest BCUT2D eigenvalue weighted by molar-refractivity contribution is -0.0498. The van der Waals surface area contributed by atoms with Gasteiger partial charge in [0.05, 0.1) is 11.3 Å². The summed E-state index contributed by atoms with van der Waals surface area (Å²) >= 11 is 0. The molecule has 5 nitrogen and oxygen atoms in total. The topological polar surface area (TPSA) is 59.9 Å². The lowest BCUT2D eigenvalue weighted by Gasteiger charge is -2.11. The van der Waals surface area contributed by atoms with Gasteiger partial charge in [-0.2, -0.15) is 13.9 Å². The average molecular weight is 428 g/mol. The van der Waals surface area contributed by atoms with Crippen molar-refractivity contribution in [3.8, 4) is 11.5 Å². The highest BCUT2D eigenvalue weighted by Crippen LogP contribution is 2.20. The number of para-hydroxylation sites is 1. The van der Waals surface area contributed by atoms with Gasteiger partial charge in [-0.15, -0.1) is 0 Å². The summed E-state index contributed by atoms with van der Waals surface area (Å²) in [6.45, 7) is -1.06. The fourth-order valence-electron chi connectivity index (χ4n) is 2.66. The molecule has 0 atom stereocenters. The molecule has 160 valence electrons. The molecular weight excluding hydrogens is 409 g/mol. The second-order valence-corrected chi connectivity index (χ2v) is 6.45. The summed E-state index contributed by atoms with van der Waals surface area (Å²) in [6.07, 6.45) is 0. The molecule has 3 rings (SSSR count). The van der Waals surface area contributed by atoms with Crippen LogP contribution in [-0.2, 0) is 6.61 Å². The highest BCUT2D eigenvalue weighted by Gasteiger charge is 2.12. The molecule has 0 saturated heterocycles. The maximum absolute atomic E-state index is 13.0. The number of benzene rings is 3. The monoisotopic (exact) mass is 428 g/mol. The van der Waals surface area contributed by atoms with Crippen LogP contribution in [0.15, 0.2) is 77.9 Å². The summed E-state index contributed by atoms with van der Waals surface area (Å²) in [5.74, 6) is -0.437. The molecule has 1 amide bonds. The van der Waals surface area contributed by atoms with Gasteiger partial charge in [-0.25, -0.2) is 9.82 Å². The van der Waals surface area contributed by atoms with Crippen molar-refractivity contribution < 1.29 is 27.4 Å². The van der Waals surface area contributed by atoms with E-state index >= 15 is 0 Å². The average Bonchev–Trinajstić information content (AvgIpc) is 2.77. The van der Waals surface area contributed by atoms with Crippen LogP contribution in [-0.4, -0.2) is 18.2 Å². The Hall–Kier alpha value is -3.81. The van der Waals surface area contributed by atoms with Crippen molar-refractivity contribution in [3.63, 3.8) is 0 Å². The summed E-state index contributed by atoms with van der Waals surface area (Å²) in [6, 6.07) is 18.4. The van der Waals surface area contributed by atoms with Gasteiger partial charge in [0.25, 0.3) is 5.91 Å². The molecule has 31 heavy (non-hydrogen) atoms. The Morgan fingerprint density at radius 2 is 1.68 bits per heavy atom. The molecule has 0 aliphatic heterocycles. The standard InChI is InChI=1S/C23H19F3N2O3/c1-15(17-8-12-19(13-9-17)31-23(25)26)27-28-22(29)20-4-2-3-5-21(20)30-14-16-6-10-18(24)11-7-16/h2-13,23H,14H2,1H3,(H,28,29). The fourth-order valence-corrected chi connectivity index (χ4v) is 2.66. The number of halogens is 3. The Balaban J connectivity index is 1.65. The highest BCUT2D eigenvalue weighted by molar-refractivity contribution is 6.01. The van der Waals surface area contributed by atoms with E-state index in [-0.39, 0.29) is 23.7 Å². The molecule has 0 unspecified atom stereocenters. The van der Waals surface area contributed by atoms with Crippen LogP contribution in [0.4, 0.5) is 13.2 Å². The Morgan fingerprint density at radius 3 is 2.35 bits per heavy atom. The van der Waals surface area contributed by atoms with E-state index in [9.17, 15) is 18.0 Å². The molecule has 0 aliphatic rings. The number of carbonyl (C=O) groups excluding carboxylic acids is 1. The second-order valence-electron chi connectivity index (χ2n) is 6.45. The molecule has 0 radical (unpaired) electrons. The smallest absolute Gasteiger partial charge is 0.387 e. The zero-order chi connectivity index (χ0) is 22.2. The maximum atomic E-state index is 13.0. The number of carbonyl (C=O) groups is 1. The van der Waals surface area contributed by atoms with Gasteiger partial charge >= 0.3 is 6.61 Å². The van der Waals surface area contributed by atoms with E-state index in [0.717, 1.165) is 5.56 Å². The van der Waals surface area contributed by atoms with E-state index in [4.69, 9.17) is 4.74 Å². The number of hydrogen-bond acceptors (Lipinski definition) is 4. The van der Waals surface area contributed by atoms with Gasteiger partial charge in [0.2, 0.25) is 0 Å². The highest BCUT2D eigenvalue weighted by atomic mass is 19.3. The second kappa shape index (κ2) is 10.3. The van der Waals surface area contributed by atoms with Crippen molar-refractivity contribution in [2.24, 2.45) is 5.10 Å². The summed E-state index contributed by atoms with van der Waals surface area (Å²) in [4.78, 5) is 12.6. The van der Waals surface area contributed by atoms with Gasteiger partial charge in [-0.1, -0.05) is 24.3 Å². The fraction of sp³-hybridized carbons (Fsp3) is 0.130. The first kappa shape index (κ1) is 21.9. The first-order valence-corrected chi connectivity index (χ1v) is 9.28. The number of nitrogens with one attached hydrogen (secondary N) is 1. The maximum Gasteiger partial charge on any atom is 0.387 e. The van der Waals surface area contributed by atoms with Gasteiger partial charge < -0.3 is 9.47 Å². The molecule has 0 spiro atoms. The minimum Gasteiger partial charge on any atom is -0.488 e. The van der Waals surface area contributed by atoms with Crippen LogP contribution < -0.4 is 14.9 Å². The number of rotatable bonds is 8. The minimum absolute atomic E-state index is 0.0304. The van der Waals surface area contributed by atoms with E-state index < -0.39 is 12.5 Å². The van der Waals surface area contributed by atoms with Crippen LogP contribution in [0.2, 0.25) is 0 Å². The number of nitrogens with zero attached hydrogens (tertiary/aromatic N) is 1. The third kappa shape index (κ3) is 6.33. The van der Waals surface area contributed by atoms with Gasteiger partial charge in [-0.05, 0) is 66.6 Å². The van der Waals surface area contributed by atoms with Crippen LogP contribution in [0.5, 0.6) is 11.5 Å². The Morgan fingerprint density at radius 1 is 1.00 bits per heavy atom. The first-order chi connectivity index (χ1) is 14.9. The Kier molecular flexibility index (Phi) is 7.26. The molecule has 1 N–H and O–H groups in total. The number of hydrazone groups is 1. The number of amides is 1. The predicted molar refractivity (Wildman–Crippen MR) is 110 cm³/mol. The molecular formula is C23H19F3N2O3. The minimum atomic E-state index is -2.90. The SMILES string of the molecule is CC(=NNC(=O)c1ccccc1OCc1ccc(F)cc1)c1ccc(OC(F)F)cc1. The molecule has 3 aromatic carbocycles. The zero-order valence-electron chi connectivity index (χ0n) is 16.5. The predicted octanol–water partition coefficient (Wildman–Crippen LogP) is 5.16. The van der Waals surface area contributed by atoms with E-state index in [1.165, 1.54) is 24.3 Å². The Bertz CT molecular complexity index is 1050. The number of hydrogen-bond donors (Lipinski definition) is 1. The summed E-state index contributed by atoms with van der Waals surface area (Å²) < 4.78 is 47.5. The first-order valence-electron chi connectivity index (χ1n) is 9.28. The molecule has 8 heteroatoms. The lowest BCUT2D eigenvalue weighted by atomic mass is 10.1. The van der Waals surface area contributed by atoms with Crippen LogP contribution in [0.25, 0.3) is 0 Å². The normalized spacial score (nSPS) is 11.3. The van der Waals surface area contributed by atoms with Crippen LogP contribution in [0.1, 0.15) is 28.4 Å². The van der Waals surface area contributed by atoms with Gasteiger partial charge in [0, 0.05) is 0 Å². The van der Waals surface area contributed by atoms with E-state index in [0.29, 0.717) is 17.0 Å². The van der Waals surface area contributed by atoms with Gasteiger partial charge in [0.15, 0.2) is 0 Å². The number of alkyl halides is 2. The number of ether oxygens (including phenoxy) is 2. The van der Waals surface area contributed by atoms with Crippen molar-refractivity contribution >= 4 is 11.6 Å². The van der Waals surface area contributed by atoms with Crippen LogP contribution >= 0.6 is 0 Å². The quantitative estimate of drug-likeness (QED) is 0.398. The molecule has 0 bridgehead atoms. The molecule has 0 fully saturated rings. The van der Waals surface area contributed by atoms with Crippen molar-refractivity contribution in [2.45, 2.75) is 20.1 Å². The van der Waals surface area contributed by atoms with Crippen LogP contribution in [0, 0.1) is 5.82 Å². The van der Waals surface area contributed by atoms with Crippen LogP contribution in [0.3, 0.4) is 0 Å². The van der Waals surface area contributed by atoms with Crippen molar-refractivity contribution in [3.05, 3.63) is 95.3 Å². The van der Waals surface area contributed by atoms with Gasteiger partial charge in [0.1, 0.15) is 23.9 Å². The summed E-state index contributed by atoms with van der Waals surface area (Å²) in [5.41, 5.74) is 4.59. The zero-order valence-corrected chi connectivity index (χ0v) is 16.5. The molecule has 3 aromatic rings. The third-order valence-corrected chi connectivity index (χ3v) is 4.26. The largest absolute Gasteiger partial charge is 0.488 e. The molecule has 0 aromatic heterocycles. The Labute approximate surface area is 177 Å². The third-order valence-electron chi connectivity index (χ3n) is 4.26. The van der Waals surface area contributed by atoms with Gasteiger partial charge in [-0.3, -0.25) is 4.79 Å². The van der Waals surface area contributed by atoms with Crippen molar-refractivity contribution in [1.82, 2.24) is 5.43 Å². The summed E-state index contributed by atoms with van der Waals surface area (Å²) in [5, 5.41) is 4.06. The molecule has 0 heterocycles. The summed E-state index contributed by atoms with van der Waals surface area (Å²) in [7, 11) is 0. The lowest BCUT2D eigenvalue weighted by Crippen LogP contribution is -2.20. The van der Waals surface area contributed by atoms with E-state index in [2.05, 4.69) is 15.3 Å². The molecule has 0 aliphatic carbocycles. The van der Waals surface area contributed by atoms with E-state index in [1.807, 2.05) is 0 Å². The van der Waals surface area contributed by atoms with E-state index in [1.54, 1.807) is 55.5 Å². The molecule has 0 saturated carbocycles. The van der Waals surface area contributed by atoms with Crippen molar-refractivity contribution in [1.29, 1.82) is 0 Å².